The Labute approximate surface area is 139 Å². The molecule has 1 aromatic carbocycles. The molecule has 0 heterocycles. The first-order chi connectivity index (χ1) is 10.8. The number of sulfonamides is 1. The molecule has 0 radical (unpaired) electrons. The lowest BCUT2D eigenvalue weighted by atomic mass is 10.4. The zero-order valence-electron chi connectivity index (χ0n) is 12.4. The van der Waals surface area contributed by atoms with Gasteiger partial charge >= 0.3 is 5.97 Å². The molecule has 1 aliphatic carbocycles. The summed E-state index contributed by atoms with van der Waals surface area (Å²) >= 11 is 5.70. The van der Waals surface area contributed by atoms with Crippen LogP contribution in [0, 0.1) is 0 Å². The van der Waals surface area contributed by atoms with E-state index in [4.69, 9.17) is 16.3 Å². The van der Waals surface area contributed by atoms with Crippen molar-refractivity contribution < 1.29 is 22.7 Å². The molecule has 0 bridgehead atoms. The van der Waals surface area contributed by atoms with Crippen LogP contribution in [-0.2, 0) is 24.3 Å². The quantitative estimate of drug-likeness (QED) is 0.701. The highest BCUT2D eigenvalue weighted by Gasteiger charge is 2.26. The van der Waals surface area contributed by atoms with E-state index >= 15 is 0 Å². The van der Waals surface area contributed by atoms with E-state index in [0.717, 1.165) is 12.8 Å². The molecule has 1 aliphatic rings. The molecule has 126 valence electrons. The van der Waals surface area contributed by atoms with Crippen LogP contribution in [-0.4, -0.2) is 39.0 Å². The molecule has 1 saturated carbocycles. The lowest BCUT2D eigenvalue weighted by Gasteiger charge is -2.13. The highest BCUT2D eigenvalue weighted by molar-refractivity contribution is 7.89. The van der Waals surface area contributed by atoms with E-state index in [0.29, 0.717) is 5.02 Å². The monoisotopic (exact) mass is 360 g/mol. The van der Waals surface area contributed by atoms with Gasteiger partial charge in [0.1, 0.15) is 6.04 Å². The molecule has 7 nitrogen and oxygen atoms in total. The molecule has 0 unspecified atom stereocenters. The minimum absolute atomic E-state index is 0.0203. The van der Waals surface area contributed by atoms with Gasteiger partial charge in [0, 0.05) is 11.1 Å². The van der Waals surface area contributed by atoms with E-state index in [1.165, 1.54) is 31.2 Å². The third-order valence-electron chi connectivity index (χ3n) is 3.10. The summed E-state index contributed by atoms with van der Waals surface area (Å²) in [7, 11) is -3.88. The number of amides is 1. The van der Waals surface area contributed by atoms with Crippen LogP contribution in [0.25, 0.3) is 0 Å². The Kier molecular flexibility index (Phi) is 5.61. The smallest absolute Gasteiger partial charge is 0.324 e. The fourth-order valence-corrected chi connectivity index (χ4v) is 3.04. The highest BCUT2D eigenvalue weighted by Crippen LogP contribution is 2.18. The lowest BCUT2D eigenvalue weighted by Crippen LogP contribution is -2.41. The average molecular weight is 361 g/mol. The summed E-state index contributed by atoms with van der Waals surface area (Å²) in [4.78, 5) is 23.2. The van der Waals surface area contributed by atoms with Crippen LogP contribution in [0.3, 0.4) is 0 Å². The number of halogens is 1. The number of nitrogens with one attached hydrogen (secondary N) is 2. The number of carbonyl (C=O) groups excluding carboxylic acids is 2. The van der Waals surface area contributed by atoms with E-state index in [1.54, 1.807) is 0 Å². The van der Waals surface area contributed by atoms with Crippen molar-refractivity contribution in [2.24, 2.45) is 0 Å². The molecular formula is C14H17ClN2O5S. The maximum atomic E-state index is 12.1. The third-order valence-corrected chi connectivity index (χ3v) is 4.91. The Hall–Kier alpha value is -1.64. The molecule has 1 amide bonds. The molecule has 9 heteroatoms. The molecule has 1 aromatic rings. The number of rotatable bonds is 7. The normalized spacial score (nSPS) is 15.7. The zero-order valence-corrected chi connectivity index (χ0v) is 14.0. The fourth-order valence-electron chi connectivity index (χ4n) is 1.72. The predicted molar refractivity (Wildman–Crippen MR) is 83.4 cm³/mol. The predicted octanol–water partition coefficient (Wildman–Crippen LogP) is 0.829. The van der Waals surface area contributed by atoms with Crippen molar-refractivity contribution in [3.8, 4) is 0 Å². The SMILES string of the molecule is C[C@@H](NS(=O)(=O)c1ccc(Cl)cc1)C(=O)OCC(=O)NC1CC1. The molecule has 0 saturated heterocycles. The maximum absolute atomic E-state index is 12.1. The number of hydrogen-bond donors (Lipinski definition) is 2. The number of hydrogen-bond acceptors (Lipinski definition) is 5. The Bertz CT molecular complexity index is 686. The van der Waals surface area contributed by atoms with Crippen molar-refractivity contribution >= 4 is 33.5 Å². The summed E-state index contributed by atoms with van der Waals surface area (Å²) in [6.45, 7) is 0.914. The molecule has 0 aromatic heterocycles. The molecule has 0 spiro atoms. The summed E-state index contributed by atoms with van der Waals surface area (Å²) in [6, 6.07) is 4.56. The van der Waals surface area contributed by atoms with Crippen molar-refractivity contribution in [1.82, 2.24) is 10.0 Å². The second-order valence-corrected chi connectivity index (χ2v) is 7.40. The number of esters is 1. The van der Waals surface area contributed by atoms with E-state index in [-0.39, 0.29) is 10.9 Å². The maximum Gasteiger partial charge on any atom is 0.324 e. The van der Waals surface area contributed by atoms with Crippen molar-refractivity contribution in [3.63, 3.8) is 0 Å². The topological polar surface area (TPSA) is 102 Å². The van der Waals surface area contributed by atoms with Crippen LogP contribution in [0.4, 0.5) is 0 Å². The van der Waals surface area contributed by atoms with Crippen molar-refractivity contribution in [3.05, 3.63) is 29.3 Å². The van der Waals surface area contributed by atoms with Crippen LogP contribution in [0.5, 0.6) is 0 Å². The van der Waals surface area contributed by atoms with Crippen LogP contribution in [0.15, 0.2) is 29.2 Å². The van der Waals surface area contributed by atoms with Gasteiger partial charge in [-0.05, 0) is 44.0 Å². The average Bonchev–Trinajstić information content (AvgIpc) is 3.28. The molecular weight excluding hydrogens is 344 g/mol. The summed E-state index contributed by atoms with van der Waals surface area (Å²) in [5, 5.41) is 3.06. The van der Waals surface area contributed by atoms with Gasteiger partial charge in [-0.15, -0.1) is 0 Å². The van der Waals surface area contributed by atoms with E-state index in [9.17, 15) is 18.0 Å². The summed E-state index contributed by atoms with van der Waals surface area (Å²) in [5.74, 6) is -1.22. The zero-order chi connectivity index (χ0) is 17.0. The minimum atomic E-state index is -3.88. The van der Waals surface area contributed by atoms with Gasteiger partial charge in [0.25, 0.3) is 5.91 Å². The van der Waals surface area contributed by atoms with Crippen LogP contribution >= 0.6 is 11.6 Å². The molecule has 23 heavy (non-hydrogen) atoms. The van der Waals surface area contributed by atoms with Gasteiger partial charge in [0.2, 0.25) is 10.0 Å². The first-order valence-corrected chi connectivity index (χ1v) is 8.88. The largest absolute Gasteiger partial charge is 0.454 e. The highest BCUT2D eigenvalue weighted by atomic mass is 35.5. The summed E-state index contributed by atoms with van der Waals surface area (Å²) in [5.41, 5.74) is 0. The van der Waals surface area contributed by atoms with E-state index in [2.05, 4.69) is 10.0 Å². The number of carbonyl (C=O) groups is 2. The second kappa shape index (κ2) is 7.29. The minimum Gasteiger partial charge on any atom is -0.454 e. The van der Waals surface area contributed by atoms with Crippen molar-refractivity contribution in [2.75, 3.05) is 6.61 Å². The van der Waals surface area contributed by atoms with E-state index in [1.807, 2.05) is 0 Å². The summed E-state index contributed by atoms with van der Waals surface area (Å²) < 4.78 is 31.2. The first kappa shape index (κ1) is 17.7. The van der Waals surface area contributed by atoms with Gasteiger partial charge in [-0.2, -0.15) is 4.72 Å². The third kappa shape index (κ3) is 5.49. The second-order valence-electron chi connectivity index (χ2n) is 5.25. The lowest BCUT2D eigenvalue weighted by molar-refractivity contribution is -0.149. The fraction of sp³-hybridized carbons (Fsp3) is 0.429. The Morgan fingerprint density at radius 2 is 1.91 bits per heavy atom. The number of benzene rings is 1. The van der Waals surface area contributed by atoms with Gasteiger partial charge in [0.05, 0.1) is 4.90 Å². The molecule has 1 fully saturated rings. The molecule has 2 N–H and O–H groups in total. The van der Waals surface area contributed by atoms with Gasteiger partial charge in [-0.3, -0.25) is 9.59 Å². The van der Waals surface area contributed by atoms with Crippen LogP contribution in [0.2, 0.25) is 5.02 Å². The van der Waals surface area contributed by atoms with Crippen molar-refractivity contribution in [2.45, 2.75) is 36.7 Å². The Balaban J connectivity index is 1.86. The molecule has 0 aliphatic heterocycles. The number of ether oxygens (including phenoxy) is 1. The summed E-state index contributed by atoms with van der Waals surface area (Å²) in [6.07, 6.45) is 1.86. The van der Waals surface area contributed by atoms with Crippen LogP contribution in [0.1, 0.15) is 19.8 Å². The van der Waals surface area contributed by atoms with Crippen molar-refractivity contribution in [1.29, 1.82) is 0 Å². The van der Waals surface area contributed by atoms with E-state index < -0.39 is 34.5 Å². The van der Waals surface area contributed by atoms with Gasteiger partial charge in [-0.25, -0.2) is 8.42 Å². The molecule has 1 atom stereocenters. The standard InChI is InChI=1S/C14H17ClN2O5S/c1-9(14(19)22-8-13(18)16-11-4-5-11)17-23(20,21)12-6-2-10(15)3-7-12/h2-3,6-7,9,11,17H,4-5,8H2,1H3,(H,16,18)/t9-/m1/s1. The van der Waals surface area contributed by atoms with Gasteiger partial charge in [-0.1, -0.05) is 11.6 Å². The van der Waals surface area contributed by atoms with Gasteiger partial charge in [0.15, 0.2) is 6.61 Å². The first-order valence-electron chi connectivity index (χ1n) is 7.02. The van der Waals surface area contributed by atoms with Gasteiger partial charge < -0.3 is 10.1 Å². The molecule has 2 rings (SSSR count). The van der Waals surface area contributed by atoms with Crippen LogP contribution < -0.4 is 10.0 Å². The Morgan fingerprint density at radius 1 is 1.30 bits per heavy atom. The Morgan fingerprint density at radius 3 is 2.48 bits per heavy atom.